The second-order valence-electron chi connectivity index (χ2n) is 4.73. The van der Waals surface area contributed by atoms with E-state index in [2.05, 4.69) is 22.6 Å². The predicted octanol–water partition coefficient (Wildman–Crippen LogP) is 4.84. The van der Waals surface area contributed by atoms with Crippen molar-refractivity contribution in [2.24, 2.45) is 0 Å². The van der Waals surface area contributed by atoms with Gasteiger partial charge in [-0.25, -0.2) is 0 Å². The zero-order valence-corrected chi connectivity index (χ0v) is 13.4. The lowest BCUT2D eigenvalue weighted by Gasteiger charge is -2.11. The second-order valence-corrected chi connectivity index (χ2v) is 5.98. The SMILES string of the molecule is O=Cc1c(OCc2ccc(I)cc2)ccc2ccccc12. The van der Waals surface area contributed by atoms with Gasteiger partial charge in [-0.1, -0.05) is 42.5 Å². The lowest BCUT2D eigenvalue weighted by Crippen LogP contribution is -1.99. The Labute approximate surface area is 136 Å². The van der Waals surface area contributed by atoms with Gasteiger partial charge in [-0.15, -0.1) is 0 Å². The van der Waals surface area contributed by atoms with Crippen LogP contribution < -0.4 is 4.74 Å². The summed E-state index contributed by atoms with van der Waals surface area (Å²) in [6, 6.07) is 19.8. The van der Waals surface area contributed by atoms with Gasteiger partial charge in [-0.05, 0) is 57.1 Å². The van der Waals surface area contributed by atoms with Crippen LogP contribution in [0.4, 0.5) is 0 Å². The van der Waals surface area contributed by atoms with Gasteiger partial charge in [0.25, 0.3) is 0 Å². The van der Waals surface area contributed by atoms with E-state index in [9.17, 15) is 4.79 Å². The smallest absolute Gasteiger partial charge is 0.154 e. The molecule has 0 aliphatic carbocycles. The van der Waals surface area contributed by atoms with Crippen LogP contribution in [0.5, 0.6) is 5.75 Å². The highest BCUT2D eigenvalue weighted by molar-refractivity contribution is 14.1. The van der Waals surface area contributed by atoms with E-state index in [1.54, 1.807) is 0 Å². The Hall–Kier alpha value is -1.88. The molecule has 21 heavy (non-hydrogen) atoms. The van der Waals surface area contributed by atoms with Crippen LogP contribution in [0.15, 0.2) is 60.7 Å². The molecular weight excluding hydrogens is 375 g/mol. The largest absolute Gasteiger partial charge is 0.488 e. The Kier molecular flexibility index (Phi) is 4.20. The second kappa shape index (κ2) is 6.26. The molecule has 0 unspecified atom stereocenters. The molecule has 0 amide bonds. The summed E-state index contributed by atoms with van der Waals surface area (Å²) in [4.78, 5) is 11.4. The van der Waals surface area contributed by atoms with Crippen molar-refractivity contribution in [2.45, 2.75) is 6.61 Å². The molecule has 2 nitrogen and oxygen atoms in total. The van der Waals surface area contributed by atoms with Gasteiger partial charge in [0.05, 0.1) is 5.56 Å². The molecule has 3 rings (SSSR count). The molecule has 3 aromatic carbocycles. The topological polar surface area (TPSA) is 26.3 Å². The molecule has 0 saturated carbocycles. The molecule has 0 aromatic heterocycles. The monoisotopic (exact) mass is 388 g/mol. The molecule has 0 N–H and O–H groups in total. The van der Waals surface area contributed by atoms with Crippen molar-refractivity contribution in [3.05, 3.63) is 75.4 Å². The summed E-state index contributed by atoms with van der Waals surface area (Å²) < 4.78 is 7.02. The van der Waals surface area contributed by atoms with Gasteiger partial charge < -0.3 is 4.74 Å². The van der Waals surface area contributed by atoms with E-state index in [1.165, 1.54) is 3.57 Å². The van der Waals surface area contributed by atoms with Crippen molar-refractivity contribution in [2.75, 3.05) is 0 Å². The van der Waals surface area contributed by atoms with E-state index in [4.69, 9.17) is 4.74 Å². The number of halogens is 1. The first-order valence-electron chi connectivity index (χ1n) is 6.62. The molecule has 0 radical (unpaired) electrons. The van der Waals surface area contributed by atoms with Gasteiger partial charge in [0.15, 0.2) is 6.29 Å². The van der Waals surface area contributed by atoms with Crippen LogP contribution in [-0.4, -0.2) is 6.29 Å². The summed E-state index contributed by atoms with van der Waals surface area (Å²) in [5.41, 5.74) is 1.69. The van der Waals surface area contributed by atoms with Crippen LogP contribution in [0.25, 0.3) is 10.8 Å². The minimum Gasteiger partial charge on any atom is -0.488 e. The molecule has 0 spiro atoms. The molecule has 0 aliphatic heterocycles. The van der Waals surface area contributed by atoms with Crippen LogP contribution in [0.1, 0.15) is 15.9 Å². The number of fused-ring (bicyclic) bond motifs is 1. The van der Waals surface area contributed by atoms with E-state index >= 15 is 0 Å². The molecule has 0 fully saturated rings. The molecule has 0 heterocycles. The minimum absolute atomic E-state index is 0.454. The fraction of sp³-hybridized carbons (Fsp3) is 0.0556. The number of carbonyl (C=O) groups excluding carboxylic acids is 1. The lowest BCUT2D eigenvalue weighted by molar-refractivity contribution is 0.112. The predicted molar refractivity (Wildman–Crippen MR) is 92.8 cm³/mol. The molecule has 0 aliphatic rings. The van der Waals surface area contributed by atoms with Crippen LogP contribution in [0.2, 0.25) is 0 Å². The third kappa shape index (κ3) is 3.08. The maximum absolute atomic E-state index is 11.4. The molecule has 0 bridgehead atoms. The fourth-order valence-corrected chi connectivity index (χ4v) is 2.62. The van der Waals surface area contributed by atoms with Gasteiger partial charge in [-0.3, -0.25) is 4.79 Å². The van der Waals surface area contributed by atoms with E-state index < -0.39 is 0 Å². The summed E-state index contributed by atoms with van der Waals surface area (Å²) in [6.45, 7) is 0.454. The summed E-state index contributed by atoms with van der Waals surface area (Å²) in [6.07, 6.45) is 0.867. The Morgan fingerprint density at radius 3 is 2.48 bits per heavy atom. The van der Waals surface area contributed by atoms with Gasteiger partial charge in [0.1, 0.15) is 12.4 Å². The molecule has 3 heteroatoms. The van der Waals surface area contributed by atoms with Crippen molar-refractivity contribution < 1.29 is 9.53 Å². The average Bonchev–Trinajstić information content (AvgIpc) is 2.53. The van der Waals surface area contributed by atoms with Crippen molar-refractivity contribution in [3.8, 4) is 5.75 Å². The van der Waals surface area contributed by atoms with Crippen LogP contribution >= 0.6 is 22.6 Å². The van der Waals surface area contributed by atoms with E-state index in [-0.39, 0.29) is 0 Å². The average molecular weight is 388 g/mol. The Bertz CT molecular complexity index is 779. The molecular formula is C18H13IO2. The number of hydrogen-bond acceptors (Lipinski definition) is 2. The van der Waals surface area contributed by atoms with Crippen molar-refractivity contribution >= 4 is 39.6 Å². The number of benzene rings is 3. The minimum atomic E-state index is 0.454. The summed E-state index contributed by atoms with van der Waals surface area (Å²) in [5.74, 6) is 0.627. The Morgan fingerprint density at radius 2 is 1.71 bits per heavy atom. The Morgan fingerprint density at radius 1 is 0.952 bits per heavy atom. The number of rotatable bonds is 4. The number of aldehydes is 1. The summed E-state index contributed by atoms with van der Waals surface area (Å²) in [5, 5.41) is 1.97. The third-order valence-corrected chi connectivity index (χ3v) is 4.08. The highest BCUT2D eigenvalue weighted by Gasteiger charge is 2.08. The Balaban J connectivity index is 1.90. The van der Waals surface area contributed by atoms with Gasteiger partial charge in [0, 0.05) is 3.57 Å². The van der Waals surface area contributed by atoms with Gasteiger partial charge in [-0.2, -0.15) is 0 Å². The molecule has 3 aromatic rings. The number of ether oxygens (including phenoxy) is 1. The summed E-state index contributed by atoms with van der Waals surface area (Å²) in [7, 11) is 0. The van der Waals surface area contributed by atoms with Crippen LogP contribution in [0.3, 0.4) is 0 Å². The molecule has 0 saturated heterocycles. The third-order valence-electron chi connectivity index (χ3n) is 3.36. The number of carbonyl (C=O) groups is 1. The lowest BCUT2D eigenvalue weighted by atomic mass is 10.0. The van der Waals surface area contributed by atoms with Gasteiger partial charge in [0.2, 0.25) is 0 Å². The van der Waals surface area contributed by atoms with Crippen molar-refractivity contribution in [1.29, 1.82) is 0 Å². The van der Waals surface area contributed by atoms with Crippen molar-refractivity contribution in [3.63, 3.8) is 0 Å². The first-order chi connectivity index (χ1) is 10.3. The first kappa shape index (κ1) is 14.1. The molecule has 0 atom stereocenters. The quantitative estimate of drug-likeness (QED) is 0.473. The fourth-order valence-electron chi connectivity index (χ4n) is 2.26. The maximum Gasteiger partial charge on any atom is 0.154 e. The summed E-state index contributed by atoms with van der Waals surface area (Å²) >= 11 is 2.27. The standard InChI is InChI=1S/C18H13IO2/c19-15-8-5-13(6-9-15)12-21-18-10-7-14-3-1-2-4-16(14)17(18)11-20/h1-11H,12H2. The van der Waals surface area contributed by atoms with E-state index in [0.717, 1.165) is 22.6 Å². The molecule has 104 valence electrons. The zero-order valence-electron chi connectivity index (χ0n) is 11.3. The van der Waals surface area contributed by atoms with Crippen LogP contribution in [-0.2, 0) is 6.61 Å². The number of hydrogen-bond donors (Lipinski definition) is 0. The van der Waals surface area contributed by atoms with Crippen molar-refractivity contribution in [1.82, 2.24) is 0 Å². The van der Waals surface area contributed by atoms with E-state index in [0.29, 0.717) is 17.9 Å². The zero-order chi connectivity index (χ0) is 14.7. The van der Waals surface area contributed by atoms with E-state index in [1.807, 2.05) is 60.7 Å². The first-order valence-corrected chi connectivity index (χ1v) is 7.70. The van der Waals surface area contributed by atoms with Crippen LogP contribution in [0, 0.1) is 3.57 Å². The highest BCUT2D eigenvalue weighted by Crippen LogP contribution is 2.27. The van der Waals surface area contributed by atoms with Gasteiger partial charge >= 0.3 is 0 Å². The maximum atomic E-state index is 11.4. The normalized spacial score (nSPS) is 10.5. The highest BCUT2D eigenvalue weighted by atomic mass is 127.